The Labute approximate surface area is 182 Å². The van der Waals surface area contributed by atoms with Gasteiger partial charge in [-0.25, -0.2) is 0 Å². The number of methoxy groups -OCH3 is 1. The first-order valence-electron chi connectivity index (χ1n) is 11.6. The van der Waals surface area contributed by atoms with Crippen molar-refractivity contribution in [1.29, 1.82) is 0 Å². The van der Waals surface area contributed by atoms with Crippen LogP contribution < -0.4 is 0 Å². The average Bonchev–Trinajstić information content (AvgIpc) is 3.35. The van der Waals surface area contributed by atoms with Gasteiger partial charge in [0.15, 0.2) is 0 Å². The first-order chi connectivity index (χ1) is 14.3. The minimum absolute atomic E-state index is 0.0337. The van der Waals surface area contributed by atoms with Gasteiger partial charge in [-0.3, -0.25) is 4.68 Å². The van der Waals surface area contributed by atoms with Crippen molar-refractivity contribution in [3.63, 3.8) is 0 Å². The van der Waals surface area contributed by atoms with E-state index in [1.807, 2.05) is 30.3 Å². The normalized spacial score (nSPS) is 43.9. The molecule has 0 bridgehead atoms. The van der Waals surface area contributed by atoms with Crippen LogP contribution in [-0.4, -0.2) is 34.2 Å². The maximum absolute atomic E-state index is 10.5. The van der Waals surface area contributed by atoms with E-state index >= 15 is 0 Å². The zero-order chi connectivity index (χ0) is 21.6. The van der Waals surface area contributed by atoms with E-state index in [9.17, 15) is 5.11 Å². The highest BCUT2D eigenvalue weighted by Crippen LogP contribution is 2.67. The summed E-state index contributed by atoms with van der Waals surface area (Å²) >= 11 is 0. The van der Waals surface area contributed by atoms with Gasteiger partial charge in [-0.05, 0) is 74.7 Å². The largest absolute Gasteiger partial charge is 0.393 e. The quantitative estimate of drug-likeness (QED) is 0.558. The zero-order valence-corrected chi connectivity index (χ0v) is 18.9. The summed E-state index contributed by atoms with van der Waals surface area (Å²) in [6.45, 7) is 10.1. The van der Waals surface area contributed by atoms with Gasteiger partial charge in [0, 0.05) is 31.5 Å². The Morgan fingerprint density at radius 2 is 2.13 bits per heavy atom. The number of ether oxygens (including phenoxy) is 1. The number of aliphatic hydroxyl groups excluding tert-OH is 1. The third-order valence-corrected chi connectivity index (χ3v) is 9.52. The van der Waals surface area contributed by atoms with Crippen molar-refractivity contribution >= 4 is 0 Å². The summed E-state index contributed by atoms with van der Waals surface area (Å²) in [5.41, 5.74) is 1.10. The Hall–Kier alpha value is -1.57. The van der Waals surface area contributed by atoms with Gasteiger partial charge in [0.05, 0.1) is 17.6 Å². The van der Waals surface area contributed by atoms with Crippen molar-refractivity contribution < 1.29 is 9.84 Å². The lowest BCUT2D eigenvalue weighted by Gasteiger charge is -2.59. The van der Waals surface area contributed by atoms with Gasteiger partial charge in [-0.2, -0.15) is 5.10 Å². The minimum Gasteiger partial charge on any atom is -0.393 e. The number of rotatable bonds is 5. The Bertz CT molecular complexity index is 811. The van der Waals surface area contributed by atoms with Crippen molar-refractivity contribution in [1.82, 2.24) is 9.78 Å². The summed E-state index contributed by atoms with van der Waals surface area (Å²) in [6, 6.07) is 1.97. The highest BCUT2D eigenvalue weighted by molar-refractivity contribution is 5.34. The second-order valence-electron chi connectivity index (χ2n) is 10.5. The Morgan fingerprint density at radius 1 is 1.33 bits per heavy atom. The van der Waals surface area contributed by atoms with Gasteiger partial charge < -0.3 is 9.84 Å². The van der Waals surface area contributed by atoms with Gasteiger partial charge in [-0.1, -0.05) is 31.9 Å². The maximum Gasteiger partial charge on any atom is 0.0778 e. The molecule has 7 unspecified atom stereocenters. The molecule has 0 amide bonds. The Kier molecular flexibility index (Phi) is 5.66. The summed E-state index contributed by atoms with van der Waals surface area (Å²) in [6.07, 6.45) is 17.9. The van der Waals surface area contributed by atoms with Crippen LogP contribution in [0.15, 0.2) is 30.6 Å². The Morgan fingerprint density at radius 3 is 2.80 bits per heavy atom. The third kappa shape index (κ3) is 3.09. The van der Waals surface area contributed by atoms with Crippen molar-refractivity contribution in [2.75, 3.05) is 7.11 Å². The van der Waals surface area contributed by atoms with Crippen LogP contribution in [0.1, 0.15) is 65.2 Å². The molecular weight excluding hydrogens is 372 g/mol. The second-order valence-corrected chi connectivity index (χ2v) is 10.5. The molecule has 0 radical (unpaired) electrons. The van der Waals surface area contributed by atoms with Gasteiger partial charge in [-0.15, -0.1) is 6.42 Å². The summed E-state index contributed by atoms with van der Waals surface area (Å²) in [4.78, 5) is 0. The highest BCUT2D eigenvalue weighted by atomic mass is 16.5. The van der Waals surface area contributed by atoms with E-state index in [0.29, 0.717) is 11.8 Å². The first kappa shape index (κ1) is 21.7. The molecule has 7 atom stereocenters. The van der Waals surface area contributed by atoms with E-state index in [2.05, 4.69) is 31.4 Å². The van der Waals surface area contributed by atoms with Crippen LogP contribution >= 0.6 is 0 Å². The average molecular weight is 411 g/mol. The van der Waals surface area contributed by atoms with Crippen LogP contribution in [0.2, 0.25) is 0 Å². The van der Waals surface area contributed by atoms with Crippen LogP contribution in [0.25, 0.3) is 0 Å². The zero-order valence-electron chi connectivity index (χ0n) is 18.9. The van der Waals surface area contributed by atoms with Crippen LogP contribution in [0.5, 0.6) is 0 Å². The summed E-state index contributed by atoms with van der Waals surface area (Å²) < 4.78 is 8.32. The molecule has 1 aromatic rings. The first-order valence-corrected chi connectivity index (χ1v) is 11.6. The summed E-state index contributed by atoms with van der Waals surface area (Å²) in [7, 11) is 1.85. The number of terminal acetylenes is 1. The molecule has 1 N–H and O–H groups in total. The van der Waals surface area contributed by atoms with Crippen LogP contribution in [-0.2, 0) is 11.3 Å². The standard InChI is InChI=1S/C26H38N2O2/c1-6-26-14-8-19(2)25(26,4)13-10-22(23(26)30-5)24(3)12-9-21(29)18-20(24)11-17-28-16-7-15-27-28/h1,7,15-16,20-23,29H,2,8-14,17-18H2,3-5H3. The number of aryl methyl sites for hydroxylation is 1. The predicted octanol–water partition coefficient (Wildman–Crippen LogP) is 4.84. The molecule has 1 aromatic heterocycles. The predicted molar refractivity (Wildman–Crippen MR) is 120 cm³/mol. The molecule has 4 rings (SSSR count). The van der Waals surface area contributed by atoms with Crippen molar-refractivity contribution in [3.8, 4) is 12.3 Å². The van der Waals surface area contributed by atoms with Gasteiger partial charge in [0.2, 0.25) is 0 Å². The fourth-order valence-corrected chi connectivity index (χ4v) is 7.42. The topological polar surface area (TPSA) is 47.3 Å². The van der Waals surface area contributed by atoms with E-state index in [0.717, 1.165) is 57.9 Å². The van der Waals surface area contributed by atoms with E-state index < -0.39 is 0 Å². The van der Waals surface area contributed by atoms with Gasteiger partial charge in [0.1, 0.15) is 0 Å². The molecule has 4 heteroatoms. The van der Waals surface area contributed by atoms with E-state index in [1.165, 1.54) is 5.57 Å². The number of nitrogens with zero attached hydrogens (tertiary/aromatic N) is 2. The second kappa shape index (κ2) is 7.84. The molecular formula is C26H38N2O2. The van der Waals surface area contributed by atoms with E-state index in [-0.39, 0.29) is 28.5 Å². The number of allylic oxidation sites excluding steroid dienone is 1. The number of hydrogen-bond donors (Lipinski definition) is 1. The highest BCUT2D eigenvalue weighted by Gasteiger charge is 2.64. The summed E-state index contributed by atoms with van der Waals surface area (Å²) in [5, 5.41) is 14.9. The van der Waals surface area contributed by atoms with Gasteiger partial charge in [0.25, 0.3) is 0 Å². The molecule has 0 aromatic carbocycles. The molecule has 3 aliphatic carbocycles. The minimum atomic E-state index is -0.270. The number of fused-ring (bicyclic) bond motifs is 1. The molecule has 164 valence electrons. The molecule has 0 saturated heterocycles. The van der Waals surface area contributed by atoms with Crippen molar-refractivity contribution in [2.45, 2.75) is 84.0 Å². The molecule has 4 nitrogen and oxygen atoms in total. The maximum atomic E-state index is 10.5. The molecule has 3 fully saturated rings. The molecule has 0 spiro atoms. The Balaban J connectivity index is 1.65. The van der Waals surface area contributed by atoms with E-state index in [1.54, 1.807) is 0 Å². The monoisotopic (exact) mass is 410 g/mol. The number of hydrogen-bond acceptors (Lipinski definition) is 3. The fourth-order valence-electron chi connectivity index (χ4n) is 7.42. The SMILES string of the molecule is C#CC12CCC(=C)C1(C)CCC(C1(C)CCC(O)CC1CCn1cccn1)C2OC. The smallest absolute Gasteiger partial charge is 0.0778 e. The lowest BCUT2D eigenvalue weighted by molar-refractivity contribution is -0.156. The molecule has 3 aliphatic rings. The summed E-state index contributed by atoms with van der Waals surface area (Å²) in [5.74, 6) is 4.09. The van der Waals surface area contributed by atoms with Crippen molar-refractivity contribution in [2.24, 2.45) is 28.1 Å². The van der Waals surface area contributed by atoms with Crippen LogP contribution in [0.3, 0.4) is 0 Å². The molecule has 1 heterocycles. The molecule has 0 aliphatic heterocycles. The third-order valence-electron chi connectivity index (χ3n) is 9.52. The fraction of sp³-hybridized carbons (Fsp3) is 0.731. The molecule has 3 saturated carbocycles. The van der Waals surface area contributed by atoms with Crippen LogP contribution in [0, 0.1) is 40.4 Å². The number of aliphatic hydroxyl groups is 1. The lowest BCUT2D eigenvalue weighted by atomic mass is 9.47. The molecule has 30 heavy (non-hydrogen) atoms. The van der Waals surface area contributed by atoms with Gasteiger partial charge >= 0.3 is 0 Å². The van der Waals surface area contributed by atoms with Crippen LogP contribution in [0.4, 0.5) is 0 Å². The number of aromatic nitrogens is 2. The lowest BCUT2D eigenvalue weighted by Crippen LogP contribution is -2.58. The van der Waals surface area contributed by atoms with Crippen molar-refractivity contribution in [3.05, 3.63) is 30.6 Å². The van der Waals surface area contributed by atoms with E-state index in [4.69, 9.17) is 11.2 Å².